The first-order valence-corrected chi connectivity index (χ1v) is 24.4. The van der Waals surface area contributed by atoms with Gasteiger partial charge in [0.1, 0.15) is 24.7 Å². The second-order valence-electron chi connectivity index (χ2n) is 16.9. The van der Waals surface area contributed by atoms with Crippen LogP contribution < -0.4 is 9.47 Å². The van der Waals surface area contributed by atoms with E-state index in [1.54, 1.807) is 23.6 Å². The molecule has 0 saturated carbocycles. The average molecular weight is 935 g/mol. The van der Waals surface area contributed by atoms with Gasteiger partial charge >= 0.3 is 11.9 Å². The van der Waals surface area contributed by atoms with Crippen LogP contribution in [0.1, 0.15) is 96.6 Å². The second kappa shape index (κ2) is 25.7. The lowest BCUT2D eigenvalue weighted by atomic mass is 9.96. The Morgan fingerprint density at radius 2 is 1.18 bits per heavy atom. The summed E-state index contributed by atoms with van der Waals surface area (Å²) in [7, 11) is 1.40. The summed E-state index contributed by atoms with van der Waals surface area (Å²) in [5, 5.41) is 8.78. The van der Waals surface area contributed by atoms with Gasteiger partial charge < -0.3 is 19.3 Å². The smallest absolute Gasteiger partial charge is 0.307 e. The van der Waals surface area contributed by atoms with Gasteiger partial charge in [0.2, 0.25) is 0 Å². The number of fused-ring (bicyclic) bond motifs is 2. The maximum Gasteiger partial charge on any atom is 0.307 e. The van der Waals surface area contributed by atoms with Crippen LogP contribution in [0.3, 0.4) is 0 Å². The molecule has 4 heterocycles. The van der Waals surface area contributed by atoms with Crippen molar-refractivity contribution < 1.29 is 28.9 Å². The predicted octanol–water partition coefficient (Wildman–Crippen LogP) is 11.7. The molecule has 2 aromatic heterocycles. The number of hydrogen-bond donors (Lipinski definition) is 1. The van der Waals surface area contributed by atoms with Gasteiger partial charge in [0, 0.05) is 65.2 Å². The number of aliphatic carboxylic acids is 1. The van der Waals surface area contributed by atoms with Crippen molar-refractivity contribution >= 4 is 34.6 Å². The fourth-order valence-electron chi connectivity index (χ4n) is 8.31. The number of thiophene rings is 2. The molecular formula is C57H62N2O6S2. The fourth-order valence-corrected chi connectivity index (χ4v) is 10.4. The van der Waals surface area contributed by atoms with E-state index in [0.29, 0.717) is 19.6 Å². The van der Waals surface area contributed by atoms with Crippen LogP contribution in [0, 0.1) is 38.0 Å². The van der Waals surface area contributed by atoms with Crippen molar-refractivity contribution in [3.8, 4) is 35.7 Å². The highest BCUT2D eigenvalue weighted by Crippen LogP contribution is 2.30. The molecule has 1 N–H and O–H groups in total. The Morgan fingerprint density at radius 1 is 0.701 bits per heavy atom. The molecule has 67 heavy (non-hydrogen) atoms. The van der Waals surface area contributed by atoms with E-state index in [2.05, 4.69) is 108 Å². The van der Waals surface area contributed by atoms with Gasteiger partial charge in [-0.2, -0.15) is 0 Å². The molecule has 0 aliphatic carbocycles. The molecule has 0 amide bonds. The minimum atomic E-state index is -0.773. The van der Waals surface area contributed by atoms with E-state index in [-0.39, 0.29) is 24.7 Å². The summed E-state index contributed by atoms with van der Waals surface area (Å²) < 4.78 is 16.8. The van der Waals surface area contributed by atoms with Crippen molar-refractivity contribution in [2.45, 2.75) is 105 Å². The predicted molar refractivity (Wildman–Crippen MR) is 271 cm³/mol. The molecule has 0 fully saturated rings. The highest BCUT2D eigenvalue weighted by Gasteiger charge is 2.20. The number of terminal acetylenes is 1. The van der Waals surface area contributed by atoms with Crippen molar-refractivity contribution in [3.05, 3.63) is 173 Å². The van der Waals surface area contributed by atoms with Crippen molar-refractivity contribution in [1.82, 2.24) is 9.80 Å². The van der Waals surface area contributed by atoms with Crippen molar-refractivity contribution in [3.63, 3.8) is 0 Å². The van der Waals surface area contributed by atoms with Gasteiger partial charge in [-0.25, -0.2) is 0 Å². The van der Waals surface area contributed by atoms with E-state index >= 15 is 0 Å². The SMILES string of the molecule is C#CC.CC#CC(CC(=O)OC)c1ccc(OCc2cccc(CN3CCc4sc(C)cc4C3)c2)cc1.Cc1cc2c(s1)CCN(Cc1cccc(COc3ccc(CCC(=O)O)cc3)c1)C2. The number of carboxylic acid groups (broad SMARTS) is 1. The van der Waals surface area contributed by atoms with Gasteiger partial charge in [0.05, 0.1) is 19.4 Å². The Morgan fingerprint density at radius 3 is 1.64 bits per heavy atom. The molecule has 348 valence electrons. The largest absolute Gasteiger partial charge is 0.489 e. The van der Waals surface area contributed by atoms with Crippen molar-refractivity contribution in [2.24, 2.45) is 0 Å². The summed E-state index contributed by atoms with van der Waals surface area (Å²) >= 11 is 3.88. The first kappa shape index (κ1) is 50.3. The van der Waals surface area contributed by atoms with Crippen LogP contribution in [0.25, 0.3) is 0 Å². The number of esters is 1. The third-order valence-electron chi connectivity index (χ3n) is 11.5. The molecule has 0 radical (unpaired) electrons. The molecule has 0 bridgehead atoms. The minimum absolute atomic E-state index is 0.150. The summed E-state index contributed by atoms with van der Waals surface area (Å²) in [4.78, 5) is 33.3. The maximum atomic E-state index is 11.7. The van der Waals surface area contributed by atoms with Gasteiger partial charge in [0.15, 0.2) is 0 Å². The number of hydrogen-bond acceptors (Lipinski definition) is 9. The highest BCUT2D eigenvalue weighted by atomic mass is 32.1. The monoisotopic (exact) mass is 934 g/mol. The van der Waals surface area contributed by atoms with E-state index in [1.807, 2.05) is 71.2 Å². The van der Waals surface area contributed by atoms with E-state index in [1.165, 1.54) is 39.1 Å². The fraction of sp³-hybridized carbons (Fsp3) is 0.333. The molecule has 1 unspecified atom stereocenters. The third-order valence-corrected chi connectivity index (χ3v) is 13.8. The maximum absolute atomic E-state index is 11.7. The lowest BCUT2D eigenvalue weighted by Gasteiger charge is -2.27. The van der Waals surface area contributed by atoms with Crippen LogP contribution in [0.4, 0.5) is 0 Å². The first-order valence-electron chi connectivity index (χ1n) is 22.8. The molecule has 4 aromatic carbocycles. The molecule has 10 heteroatoms. The number of ether oxygens (including phenoxy) is 3. The molecule has 1 atom stereocenters. The number of carbonyl (C=O) groups is 2. The van der Waals surface area contributed by atoms with Gasteiger partial charge in [-0.15, -0.1) is 40.9 Å². The number of methoxy groups -OCH3 is 1. The summed E-state index contributed by atoms with van der Waals surface area (Å²) in [5.41, 5.74) is 9.94. The van der Waals surface area contributed by atoms with Crippen LogP contribution in [-0.2, 0) is 73.0 Å². The van der Waals surface area contributed by atoms with Gasteiger partial charge in [0.25, 0.3) is 0 Å². The van der Waals surface area contributed by atoms with E-state index in [0.717, 1.165) is 85.9 Å². The van der Waals surface area contributed by atoms with Crippen LogP contribution in [-0.4, -0.2) is 47.0 Å². The zero-order valence-electron chi connectivity index (χ0n) is 39.4. The highest BCUT2D eigenvalue weighted by molar-refractivity contribution is 7.12. The lowest BCUT2D eigenvalue weighted by molar-refractivity contribution is -0.141. The van der Waals surface area contributed by atoms with E-state index in [9.17, 15) is 9.59 Å². The van der Waals surface area contributed by atoms with Crippen LogP contribution in [0.2, 0.25) is 0 Å². The number of aryl methyl sites for hydroxylation is 3. The molecule has 2 aliphatic heterocycles. The van der Waals surface area contributed by atoms with Gasteiger partial charge in [-0.1, -0.05) is 78.7 Å². The number of carboxylic acids is 1. The zero-order chi connectivity index (χ0) is 47.5. The van der Waals surface area contributed by atoms with Crippen molar-refractivity contribution in [2.75, 3.05) is 20.2 Å². The number of carbonyl (C=O) groups excluding carboxylic acids is 1. The molecular weight excluding hydrogens is 873 g/mol. The van der Waals surface area contributed by atoms with E-state index < -0.39 is 5.97 Å². The molecule has 8 nitrogen and oxygen atoms in total. The Hall–Kier alpha value is -6.14. The summed E-state index contributed by atoms with van der Waals surface area (Å²) in [6.45, 7) is 15.1. The standard InChI is InChI=1S/C29H31NO3S.C25H27NO3S.C3H4/c1-4-6-25(17-29(31)32-3)24-9-11-27(12-10-24)33-20-23-8-5-7-22(16-23)18-30-14-13-28-26(19-30)15-21(2)34-28;1-18-13-22-16-26(12-11-24(22)30-18)15-20-3-2-4-21(14-20)17-29-23-8-5-19(6-9-23)7-10-25(27)28;1-3-2/h5,7-12,15-16,25H,13-14,17-20H2,1-3H3;2-6,8-9,13-14H,7,10-12,15-17H2,1H3,(H,27,28);1H,2H3. The number of benzene rings is 4. The molecule has 0 spiro atoms. The molecule has 8 rings (SSSR count). The van der Waals surface area contributed by atoms with Crippen LogP contribution >= 0.6 is 22.7 Å². The summed E-state index contributed by atoms with van der Waals surface area (Å²) in [6, 6.07) is 37.5. The Bertz CT molecular complexity index is 2650. The van der Waals surface area contributed by atoms with Gasteiger partial charge in [-0.05, 0) is 128 Å². The van der Waals surface area contributed by atoms with Crippen LogP contribution in [0.5, 0.6) is 11.5 Å². The third kappa shape index (κ3) is 16.0. The number of rotatable bonds is 16. The summed E-state index contributed by atoms with van der Waals surface area (Å²) in [5.74, 6) is 8.64. The zero-order valence-corrected chi connectivity index (χ0v) is 41.1. The molecule has 6 aromatic rings. The lowest BCUT2D eigenvalue weighted by Crippen LogP contribution is -2.29. The Labute approximate surface area is 405 Å². The Kier molecular flexibility index (Phi) is 19.3. The number of nitrogens with zero attached hydrogens (tertiary/aromatic N) is 2. The van der Waals surface area contributed by atoms with Gasteiger partial charge in [-0.3, -0.25) is 19.4 Å². The molecule has 2 aliphatic rings. The minimum Gasteiger partial charge on any atom is -0.489 e. The topological polar surface area (TPSA) is 88.5 Å². The molecule has 0 saturated heterocycles. The quantitative estimate of drug-likeness (QED) is 0.0758. The average Bonchev–Trinajstić information content (AvgIpc) is 3.90. The van der Waals surface area contributed by atoms with Crippen LogP contribution in [0.15, 0.2) is 109 Å². The first-order chi connectivity index (χ1) is 32.5. The van der Waals surface area contributed by atoms with Crippen molar-refractivity contribution in [1.29, 1.82) is 0 Å². The van der Waals surface area contributed by atoms with E-state index in [4.69, 9.17) is 19.3 Å². The second-order valence-corrected chi connectivity index (χ2v) is 19.6. The summed E-state index contributed by atoms with van der Waals surface area (Å²) in [6.07, 6.45) is 7.84. The normalized spacial score (nSPS) is 13.4. The Balaban J connectivity index is 0.000000210.